The quantitative estimate of drug-likeness (QED) is 0.706. The van der Waals surface area contributed by atoms with Gasteiger partial charge in [-0.05, 0) is 61.7 Å². The maximum atomic E-state index is 13.0. The predicted octanol–water partition coefficient (Wildman–Crippen LogP) is 3.18. The van der Waals surface area contributed by atoms with Gasteiger partial charge in [-0.3, -0.25) is 14.8 Å². The van der Waals surface area contributed by atoms with Crippen molar-refractivity contribution in [1.82, 2.24) is 19.8 Å². The van der Waals surface area contributed by atoms with Crippen LogP contribution in [-0.2, 0) is 6.42 Å². The van der Waals surface area contributed by atoms with Crippen molar-refractivity contribution < 1.29 is 4.79 Å². The van der Waals surface area contributed by atoms with Crippen molar-refractivity contribution in [3.63, 3.8) is 0 Å². The molecular formula is C23H26N4O. The lowest BCUT2D eigenvalue weighted by Gasteiger charge is -2.24. The van der Waals surface area contributed by atoms with Crippen LogP contribution in [-0.4, -0.2) is 58.9 Å². The molecule has 1 amide bonds. The molecule has 5 heteroatoms. The molecule has 0 N–H and O–H groups in total. The third-order valence-electron chi connectivity index (χ3n) is 5.40. The summed E-state index contributed by atoms with van der Waals surface area (Å²) in [4.78, 5) is 26.0. The van der Waals surface area contributed by atoms with Crippen LogP contribution in [0.15, 0.2) is 55.0 Å². The summed E-state index contributed by atoms with van der Waals surface area (Å²) in [6.07, 6.45) is 6.23. The van der Waals surface area contributed by atoms with Gasteiger partial charge in [0.25, 0.3) is 5.91 Å². The van der Waals surface area contributed by atoms with E-state index in [-0.39, 0.29) is 5.91 Å². The standard InChI is InChI=1S/C23H26N4O/c1-17-10-21(14-24-13-17)23(28)27-9-8-26(2)15-19(16-27)11-18-5-6-22-20(12-18)4-3-7-25-22/h3-7,10,12-14,19H,8-9,11,15-16H2,1-2H3/t19-/m0/s1. The van der Waals surface area contributed by atoms with Crippen LogP contribution in [0, 0.1) is 12.8 Å². The number of aromatic nitrogens is 2. The number of carbonyl (C=O) groups is 1. The van der Waals surface area contributed by atoms with Gasteiger partial charge in [-0.2, -0.15) is 0 Å². The van der Waals surface area contributed by atoms with Crippen molar-refractivity contribution >= 4 is 16.8 Å². The molecular weight excluding hydrogens is 348 g/mol. The normalized spacial score (nSPS) is 18.2. The zero-order valence-electron chi connectivity index (χ0n) is 16.5. The lowest BCUT2D eigenvalue weighted by Crippen LogP contribution is -2.36. The average Bonchev–Trinajstić information content (AvgIpc) is 2.88. The van der Waals surface area contributed by atoms with Crippen LogP contribution in [0.5, 0.6) is 0 Å². The highest BCUT2D eigenvalue weighted by molar-refractivity contribution is 5.94. The maximum absolute atomic E-state index is 13.0. The summed E-state index contributed by atoms with van der Waals surface area (Å²) >= 11 is 0. The molecule has 2 aromatic heterocycles. The fraction of sp³-hybridized carbons (Fsp3) is 0.348. The molecule has 3 heterocycles. The summed E-state index contributed by atoms with van der Waals surface area (Å²) in [5.74, 6) is 0.475. The number of carbonyl (C=O) groups excluding carboxylic acids is 1. The Labute approximate surface area is 166 Å². The largest absolute Gasteiger partial charge is 0.337 e. The molecule has 0 radical (unpaired) electrons. The predicted molar refractivity (Wildman–Crippen MR) is 111 cm³/mol. The van der Waals surface area contributed by atoms with Crippen LogP contribution >= 0.6 is 0 Å². The number of rotatable bonds is 3. The fourth-order valence-electron chi connectivity index (χ4n) is 4.04. The van der Waals surface area contributed by atoms with Gasteiger partial charge >= 0.3 is 0 Å². The van der Waals surface area contributed by atoms with Gasteiger partial charge in [0.15, 0.2) is 0 Å². The van der Waals surface area contributed by atoms with Gasteiger partial charge in [0, 0.05) is 50.2 Å². The second-order valence-electron chi connectivity index (χ2n) is 7.86. The highest BCUT2D eigenvalue weighted by Crippen LogP contribution is 2.20. The SMILES string of the molecule is Cc1cncc(C(=O)N2CCN(C)C[C@H](Cc3ccc4ncccc4c3)C2)c1. The number of hydrogen-bond acceptors (Lipinski definition) is 4. The fourth-order valence-corrected chi connectivity index (χ4v) is 4.04. The van der Waals surface area contributed by atoms with E-state index < -0.39 is 0 Å². The smallest absolute Gasteiger partial charge is 0.255 e. The highest BCUT2D eigenvalue weighted by atomic mass is 16.2. The van der Waals surface area contributed by atoms with Crippen molar-refractivity contribution in [2.24, 2.45) is 5.92 Å². The van der Waals surface area contributed by atoms with E-state index in [0.29, 0.717) is 11.5 Å². The van der Waals surface area contributed by atoms with E-state index in [9.17, 15) is 4.79 Å². The molecule has 1 saturated heterocycles. The third-order valence-corrected chi connectivity index (χ3v) is 5.40. The molecule has 4 rings (SSSR count). The van der Waals surface area contributed by atoms with E-state index in [1.54, 1.807) is 12.4 Å². The molecule has 1 aliphatic rings. The first-order valence-corrected chi connectivity index (χ1v) is 9.81. The Hall–Kier alpha value is -2.79. The summed E-state index contributed by atoms with van der Waals surface area (Å²) in [5.41, 5.74) is 4.01. The number of hydrogen-bond donors (Lipinski definition) is 0. The van der Waals surface area contributed by atoms with Crippen molar-refractivity contribution in [3.05, 3.63) is 71.7 Å². The molecule has 28 heavy (non-hydrogen) atoms. The minimum absolute atomic E-state index is 0.0826. The first-order valence-electron chi connectivity index (χ1n) is 9.81. The first-order chi connectivity index (χ1) is 13.6. The Bertz CT molecular complexity index is 987. The van der Waals surface area contributed by atoms with Gasteiger partial charge in [0.2, 0.25) is 0 Å². The van der Waals surface area contributed by atoms with Crippen LogP contribution < -0.4 is 0 Å². The molecule has 1 aromatic carbocycles. The second kappa shape index (κ2) is 8.07. The van der Waals surface area contributed by atoms with Gasteiger partial charge in [-0.25, -0.2) is 0 Å². The number of pyridine rings is 2. The van der Waals surface area contributed by atoms with Gasteiger partial charge < -0.3 is 9.80 Å². The van der Waals surface area contributed by atoms with E-state index in [1.165, 1.54) is 10.9 Å². The molecule has 0 bridgehead atoms. The van der Waals surface area contributed by atoms with Crippen LogP contribution in [0.4, 0.5) is 0 Å². The van der Waals surface area contributed by atoms with Gasteiger partial charge in [0.05, 0.1) is 11.1 Å². The molecule has 1 aliphatic heterocycles. The van der Waals surface area contributed by atoms with E-state index in [0.717, 1.165) is 43.7 Å². The van der Waals surface area contributed by atoms with Crippen molar-refractivity contribution in [2.45, 2.75) is 13.3 Å². The molecule has 1 atom stereocenters. The Morgan fingerprint density at radius 3 is 2.89 bits per heavy atom. The van der Waals surface area contributed by atoms with Crippen LogP contribution in [0.25, 0.3) is 10.9 Å². The molecule has 3 aromatic rings. The summed E-state index contributed by atoms with van der Waals surface area (Å²) in [7, 11) is 2.14. The van der Waals surface area contributed by atoms with Crippen LogP contribution in [0.2, 0.25) is 0 Å². The molecule has 144 valence electrons. The van der Waals surface area contributed by atoms with Crippen molar-refractivity contribution in [2.75, 3.05) is 33.2 Å². The molecule has 0 unspecified atom stereocenters. The number of benzene rings is 1. The summed E-state index contributed by atoms with van der Waals surface area (Å²) in [6, 6.07) is 12.5. The Kier molecular flexibility index (Phi) is 5.35. The summed E-state index contributed by atoms with van der Waals surface area (Å²) in [6.45, 7) is 5.37. The number of aryl methyl sites for hydroxylation is 1. The molecule has 1 fully saturated rings. The summed E-state index contributed by atoms with van der Waals surface area (Å²) < 4.78 is 0. The van der Waals surface area contributed by atoms with Crippen LogP contribution in [0.3, 0.4) is 0 Å². The third kappa shape index (κ3) is 4.20. The molecule has 0 aliphatic carbocycles. The van der Waals surface area contributed by atoms with E-state index in [2.05, 4.69) is 46.2 Å². The summed E-state index contributed by atoms with van der Waals surface area (Å²) in [5, 5.41) is 1.17. The number of amides is 1. The van der Waals surface area contributed by atoms with Gasteiger partial charge in [-0.15, -0.1) is 0 Å². The Morgan fingerprint density at radius 2 is 2.04 bits per heavy atom. The molecule has 0 spiro atoms. The average molecular weight is 374 g/mol. The van der Waals surface area contributed by atoms with E-state index in [1.807, 2.05) is 30.2 Å². The number of likely N-dealkylation sites (N-methyl/N-ethyl adjacent to an activating group) is 1. The minimum Gasteiger partial charge on any atom is -0.337 e. The molecule has 0 saturated carbocycles. The van der Waals surface area contributed by atoms with Crippen LogP contribution in [0.1, 0.15) is 21.5 Å². The van der Waals surface area contributed by atoms with E-state index >= 15 is 0 Å². The Morgan fingerprint density at radius 1 is 1.14 bits per heavy atom. The maximum Gasteiger partial charge on any atom is 0.255 e. The van der Waals surface area contributed by atoms with Gasteiger partial charge in [0.1, 0.15) is 0 Å². The zero-order valence-corrected chi connectivity index (χ0v) is 16.5. The first kappa shape index (κ1) is 18.6. The number of nitrogens with zero attached hydrogens (tertiary/aromatic N) is 4. The van der Waals surface area contributed by atoms with Crippen molar-refractivity contribution in [3.8, 4) is 0 Å². The second-order valence-corrected chi connectivity index (χ2v) is 7.86. The monoisotopic (exact) mass is 374 g/mol. The Balaban J connectivity index is 1.53. The number of fused-ring (bicyclic) bond motifs is 1. The lowest BCUT2D eigenvalue weighted by molar-refractivity contribution is 0.0746. The van der Waals surface area contributed by atoms with Gasteiger partial charge in [-0.1, -0.05) is 12.1 Å². The minimum atomic E-state index is 0.0826. The van der Waals surface area contributed by atoms with E-state index in [4.69, 9.17) is 0 Å². The highest BCUT2D eigenvalue weighted by Gasteiger charge is 2.25. The lowest BCUT2D eigenvalue weighted by atomic mass is 9.97. The molecule has 5 nitrogen and oxygen atoms in total. The zero-order chi connectivity index (χ0) is 19.5. The topological polar surface area (TPSA) is 49.3 Å². The van der Waals surface area contributed by atoms with Crippen molar-refractivity contribution in [1.29, 1.82) is 0 Å².